The first kappa shape index (κ1) is 20.0. The third-order valence-electron chi connectivity index (χ3n) is 5.59. The lowest BCUT2D eigenvalue weighted by molar-refractivity contribution is -0.140. The first-order valence-corrected chi connectivity index (χ1v) is 10.8. The number of fused-ring (bicyclic) bond motifs is 1. The van der Waals surface area contributed by atoms with Crippen molar-refractivity contribution < 1.29 is 14.3 Å². The molecule has 4 rings (SSSR count). The topological polar surface area (TPSA) is 53.4 Å². The van der Waals surface area contributed by atoms with Crippen molar-refractivity contribution in [3.63, 3.8) is 0 Å². The Morgan fingerprint density at radius 3 is 2.79 bits per heavy atom. The number of benzene rings is 2. The number of ether oxygens (including phenoxy) is 2. The van der Waals surface area contributed by atoms with Gasteiger partial charge in [-0.2, -0.15) is 5.10 Å². The van der Waals surface area contributed by atoms with Crippen molar-refractivity contribution in [2.24, 2.45) is 7.05 Å². The summed E-state index contributed by atoms with van der Waals surface area (Å²) in [4.78, 5) is 11.6. The molecule has 29 heavy (non-hydrogen) atoms. The second kappa shape index (κ2) is 8.57. The highest BCUT2D eigenvalue weighted by Gasteiger charge is 2.21. The summed E-state index contributed by atoms with van der Waals surface area (Å²) >= 11 is 3.72. The van der Waals surface area contributed by atoms with E-state index in [1.165, 1.54) is 20.0 Å². The van der Waals surface area contributed by atoms with E-state index in [4.69, 9.17) is 9.47 Å². The lowest BCUT2D eigenvalue weighted by atomic mass is 9.98. The van der Waals surface area contributed by atoms with E-state index in [9.17, 15) is 4.79 Å². The van der Waals surface area contributed by atoms with Gasteiger partial charge in [0.25, 0.3) is 0 Å². The van der Waals surface area contributed by atoms with E-state index >= 15 is 0 Å². The van der Waals surface area contributed by atoms with Crippen molar-refractivity contribution >= 4 is 32.8 Å². The van der Waals surface area contributed by atoms with Gasteiger partial charge in [0, 0.05) is 24.4 Å². The standard InChI is InChI=1S/C23H25BrN2O3/c1-26-21-9-8-16(13-17(21)14-25-26)19-11-15(7-10-22(27)28-2)12-20(24)23(19)29-18-5-3-4-6-18/h8-9,11-14,18H,3-7,10H2,1-2H3. The Kier molecular flexibility index (Phi) is 5.90. The van der Waals surface area contributed by atoms with Gasteiger partial charge in [0.1, 0.15) is 5.75 Å². The van der Waals surface area contributed by atoms with Gasteiger partial charge in [-0.25, -0.2) is 0 Å². The predicted octanol–water partition coefficient (Wildman–Crippen LogP) is 5.43. The number of hydrogen-bond donors (Lipinski definition) is 0. The number of aryl methyl sites for hydroxylation is 2. The predicted molar refractivity (Wildman–Crippen MR) is 117 cm³/mol. The third-order valence-corrected chi connectivity index (χ3v) is 6.18. The molecule has 0 amide bonds. The number of rotatable bonds is 6. The quantitative estimate of drug-likeness (QED) is 0.464. The molecule has 1 aliphatic carbocycles. The maximum atomic E-state index is 11.6. The number of halogens is 1. The average molecular weight is 457 g/mol. The van der Waals surface area contributed by atoms with Crippen LogP contribution in [0.5, 0.6) is 5.75 Å². The second-order valence-electron chi connectivity index (χ2n) is 7.60. The Bertz CT molecular complexity index is 1040. The minimum Gasteiger partial charge on any atom is -0.489 e. The average Bonchev–Trinajstić information content (AvgIpc) is 3.37. The zero-order valence-electron chi connectivity index (χ0n) is 16.8. The Labute approximate surface area is 179 Å². The van der Waals surface area contributed by atoms with E-state index in [0.717, 1.165) is 50.7 Å². The maximum absolute atomic E-state index is 11.6. The Morgan fingerprint density at radius 1 is 1.24 bits per heavy atom. The Morgan fingerprint density at radius 2 is 2.03 bits per heavy atom. The lowest BCUT2D eigenvalue weighted by Gasteiger charge is -2.20. The SMILES string of the molecule is COC(=O)CCc1cc(Br)c(OC2CCCC2)c(-c2ccc3c(cnn3C)c2)c1. The smallest absolute Gasteiger partial charge is 0.305 e. The monoisotopic (exact) mass is 456 g/mol. The number of carbonyl (C=O) groups excluding carboxylic acids is 1. The van der Waals surface area contributed by atoms with Crippen LogP contribution in [0.4, 0.5) is 0 Å². The Balaban J connectivity index is 1.75. The molecule has 0 saturated heterocycles. The number of carbonyl (C=O) groups is 1. The largest absolute Gasteiger partial charge is 0.489 e. The molecule has 0 spiro atoms. The molecule has 0 atom stereocenters. The van der Waals surface area contributed by atoms with Crippen molar-refractivity contribution in [2.75, 3.05) is 7.11 Å². The molecule has 0 aliphatic heterocycles. The highest BCUT2D eigenvalue weighted by atomic mass is 79.9. The molecule has 3 aromatic rings. The molecule has 0 N–H and O–H groups in total. The van der Waals surface area contributed by atoms with E-state index in [2.05, 4.69) is 51.4 Å². The number of methoxy groups -OCH3 is 1. The molecule has 1 saturated carbocycles. The molecule has 0 unspecified atom stereocenters. The van der Waals surface area contributed by atoms with Gasteiger partial charge >= 0.3 is 5.97 Å². The highest BCUT2D eigenvalue weighted by Crippen LogP contribution is 2.41. The fourth-order valence-corrected chi connectivity index (χ4v) is 4.58. The van der Waals surface area contributed by atoms with Crippen LogP contribution in [0.3, 0.4) is 0 Å². The van der Waals surface area contributed by atoms with Crippen LogP contribution in [0.25, 0.3) is 22.0 Å². The summed E-state index contributed by atoms with van der Waals surface area (Å²) in [6.45, 7) is 0. The maximum Gasteiger partial charge on any atom is 0.305 e. The molecule has 152 valence electrons. The van der Waals surface area contributed by atoms with Gasteiger partial charge in [0.2, 0.25) is 0 Å². The van der Waals surface area contributed by atoms with Crippen molar-refractivity contribution in [2.45, 2.75) is 44.6 Å². The van der Waals surface area contributed by atoms with Gasteiger partial charge < -0.3 is 9.47 Å². The summed E-state index contributed by atoms with van der Waals surface area (Å²) in [5.41, 5.74) is 4.28. The summed E-state index contributed by atoms with van der Waals surface area (Å²) in [5, 5.41) is 5.44. The van der Waals surface area contributed by atoms with Crippen LogP contribution in [0.2, 0.25) is 0 Å². The van der Waals surface area contributed by atoms with Crippen molar-refractivity contribution in [3.8, 4) is 16.9 Å². The van der Waals surface area contributed by atoms with Crippen LogP contribution in [0, 0.1) is 0 Å². The lowest BCUT2D eigenvalue weighted by Crippen LogP contribution is -2.12. The molecule has 0 radical (unpaired) electrons. The van der Waals surface area contributed by atoms with Crippen LogP contribution in [-0.4, -0.2) is 29.0 Å². The number of hydrogen-bond acceptors (Lipinski definition) is 4. The van der Waals surface area contributed by atoms with Gasteiger partial charge in [0.05, 0.1) is 29.4 Å². The fraction of sp³-hybridized carbons (Fsp3) is 0.391. The van der Waals surface area contributed by atoms with Crippen LogP contribution < -0.4 is 4.74 Å². The van der Waals surface area contributed by atoms with Crippen molar-refractivity contribution in [1.29, 1.82) is 0 Å². The summed E-state index contributed by atoms with van der Waals surface area (Å²) in [6, 6.07) is 10.5. The number of aromatic nitrogens is 2. The van der Waals surface area contributed by atoms with Gasteiger partial charge in [-0.15, -0.1) is 0 Å². The van der Waals surface area contributed by atoms with E-state index in [1.54, 1.807) is 0 Å². The zero-order valence-corrected chi connectivity index (χ0v) is 18.4. The summed E-state index contributed by atoms with van der Waals surface area (Å²) in [7, 11) is 3.37. The van der Waals surface area contributed by atoms with Crippen molar-refractivity contribution in [1.82, 2.24) is 9.78 Å². The van der Waals surface area contributed by atoms with Gasteiger partial charge in [-0.3, -0.25) is 9.48 Å². The molecule has 1 heterocycles. The third kappa shape index (κ3) is 4.32. The molecular weight excluding hydrogens is 432 g/mol. The van der Waals surface area contributed by atoms with E-state index in [-0.39, 0.29) is 12.1 Å². The van der Waals surface area contributed by atoms with Crippen molar-refractivity contribution in [3.05, 3.63) is 46.6 Å². The minimum absolute atomic E-state index is 0.203. The molecule has 6 heteroatoms. The molecule has 1 aliphatic rings. The van der Waals surface area contributed by atoms with Gasteiger partial charge in [-0.1, -0.05) is 6.07 Å². The molecule has 1 aromatic heterocycles. The van der Waals surface area contributed by atoms with Crippen LogP contribution in [0.1, 0.15) is 37.7 Å². The van der Waals surface area contributed by atoms with E-state index in [0.29, 0.717) is 12.8 Å². The molecular formula is C23H25BrN2O3. The molecule has 1 fully saturated rings. The second-order valence-corrected chi connectivity index (χ2v) is 8.45. The molecule has 2 aromatic carbocycles. The minimum atomic E-state index is -0.203. The number of nitrogens with zero attached hydrogens (tertiary/aromatic N) is 2. The summed E-state index contributed by atoms with van der Waals surface area (Å²) < 4.78 is 14.0. The molecule has 5 nitrogen and oxygen atoms in total. The molecule has 0 bridgehead atoms. The summed E-state index contributed by atoms with van der Waals surface area (Å²) in [5.74, 6) is 0.674. The first-order valence-electron chi connectivity index (χ1n) is 10.0. The van der Waals surface area contributed by atoms with Gasteiger partial charge in [-0.05, 0) is 83.4 Å². The van der Waals surface area contributed by atoms with Crippen LogP contribution in [-0.2, 0) is 23.0 Å². The van der Waals surface area contributed by atoms with Crippen LogP contribution in [0.15, 0.2) is 41.0 Å². The van der Waals surface area contributed by atoms with Gasteiger partial charge in [0.15, 0.2) is 0 Å². The van der Waals surface area contributed by atoms with Crippen LogP contribution >= 0.6 is 15.9 Å². The first-order chi connectivity index (χ1) is 14.0. The Hall–Kier alpha value is -2.34. The highest BCUT2D eigenvalue weighted by molar-refractivity contribution is 9.10. The van der Waals surface area contributed by atoms with E-state index < -0.39 is 0 Å². The zero-order chi connectivity index (χ0) is 20.4. The fourth-order valence-electron chi connectivity index (χ4n) is 3.98. The number of esters is 1. The van der Waals surface area contributed by atoms with E-state index in [1.807, 2.05) is 17.9 Å². The normalized spacial score (nSPS) is 14.4. The summed E-state index contributed by atoms with van der Waals surface area (Å²) in [6.07, 6.45) is 7.74.